The van der Waals surface area contributed by atoms with Crippen molar-refractivity contribution in [3.05, 3.63) is 29.8 Å². The summed E-state index contributed by atoms with van der Waals surface area (Å²) < 4.78 is 23.1. The second kappa shape index (κ2) is 8.43. The van der Waals surface area contributed by atoms with Gasteiger partial charge in [0.1, 0.15) is 18.0 Å². The molecule has 3 N–H and O–H groups in total. The minimum absolute atomic E-state index is 0.198. The summed E-state index contributed by atoms with van der Waals surface area (Å²) in [4.78, 5) is 0. The van der Waals surface area contributed by atoms with Gasteiger partial charge in [0.05, 0.1) is 32.1 Å². The fraction of sp³-hybridized carbons (Fsp3) is 0.625. The number of aliphatic hydroxyl groups is 3. The van der Waals surface area contributed by atoms with Crippen LogP contribution in [0.5, 0.6) is 5.75 Å². The van der Waals surface area contributed by atoms with Crippen LogP contribution in [0.25, 0.3) is 0 Å². The fourth-order valence-corrected chi connectivity index (χ4v) is 2.49. The van der Waals surface area contributed by atoms with Crippen LogP contribution in [0, 0.1) is 0 Å². The standard InChI is InChI=1S/C16H23FO5/c17-7-1-2-8-21-12-5-3-11(4-6-12)16-15(20)14(19)9-13(10-18)22-16/h3-6,13-16,18-20H,1-2,7-10H2/t13-,14-,15-,16?/m0/s1. The van der Waals surface area contributed by atoms with Crippen molar-refractivity contribution >= 4 is 0 Å². The van der Waals surface area contributed by atoms with Crippen molar-refractivity contribution in [3.63, 3.8) is 0 Å². The molecule has 1 aromatic rings. The van der Waals surface area contributed by atoms with Crippen LogP contribution in [0.15, 0.2) is 24.3 Å². The van der Waals surface area contributed by atoms with Crippen molar-refractivity contribution in [2.45, 2.75) is 43.7 Å². The fourth-order valence-electron chi connectivity index (χ4n) is 2.49. The summed E-state index contributed by atoms with van der Waals surface area (Å²) in [6.45, 7) is -0.0826. The van der Waals surface area contributed by atoms with Gasteiger partial charge >= 0.3 is 0 Å². The highest BCUT2D eigenvalue weighted by Gasteiger charge is 2.37. The lowest BCUT2D eigenvalue weighted by molar-refractivity contribution is -0.179. The Morgan fingerprint density at radius 3 is 2.55 bits per heavy atom. The van der Waals surface area contributed by atoms with E-state index in [1.54, 1.807) is 24.3 Å². The molecule has 1 saturated heterocycles. The molecule has 1 aromatic carbocycles. The first-order chi connectivity index (χ1) is 10.7. The maximum Gasteiger partial charge on any atom is 0.119 e. The molecule has 0 radical (unpaired) electrons. The molecule has 1 heterocycles. The summed E-state index contributed by atoms with van der Waals surface area (Å²) in [5, 5.41) is 29.1. The van der Waals surface area contributed by atoms with E-state index in [4.69, 9.17) is 9.47 Å². The van der Waals surface area contributed by atoms with E-state index in [0.29, 0.717) is 30.8 Å². The maximum absolute atomic E-state index is 12.0. The maximum atomic E-state index is 12.0. The number of halogens is 1. The second-order valence-electron chi connectivity index (χ2n) is 5.47. The molecule has 1 unspecified atom stereocenters. The quantitative estimate of drug-likeness (QED) is 0.662. The van der Waals surface area contributed by atoms with Crippen LogP contribution in [-0.4, -0.2) is 53.5 Å². The Morgan fingerprint density at radius 2 is 1.91 bits per heavy atom. The third-order valence-corrected chi connectivity index (χ3v) is 3.76. The van der Waals surface area contributed by atoms with Gasteiger partial charge in [-0.05, 0) is 30.5 Å². The van der Waals surface area contributed by atoms with Crippen LogP contribution in [-0.2, 0) is 4.74 Å². The molecular formula is C16H23FO5. The Morgan fingerprint density at radius 1 is 1.18 bits per heavy atom. The van der Waals surface area contributed by atoms with E-state index in [0.717, 1.165) is 0 Å². The van der Waals surface area contributed by atoms with Crippen LogP contribution in [0.4, 0.5) is 4.39 Å². The minimum atomic E-state index is -1.03. The lowest BCUT2D eigenvalue weighted by Crippen LogP contribution is -2.44. The molecule has 22 heavy (non-hydrogen) atoms. The number of unbranched alkanes of at least 4 members (excludes halogenated alkanes) is 1. The minimum Gasteiger partial charge on any atom is -0.494 e. The summed E-state index contributed by atoms with van der Waals surface area (Å²) in [6, 6.07) is 7.00. The first-order valence-electron chi connectivity index (χ1n) is 7.57. The van der Waals surface area contributed by atoms with Gasteiger partial charge in [-0.15, -0.1) is 0 Å². The molecule has 0 saturated carbocycles. The average Bonchev–Trinajstić information content (AvgIpc) is 2.55. The SMILES string of the molecule is OC[C@@H]1C[C@H](O)[C@H](O)C(c2ccc(OCCCCF)cc2)O1. The van der Waals surface area contributed by atoms with Crippen molar-refractivity contribution in [1.82, 2.24) is 0 Å². The van der Waals surface area contributed by atoms with Gasteiger partial charge in [-0.1, -0.05) is 12.1 Å². The summed E-state index contributed by atoms with van der Waals surface area (Å²) >= 11 is 0. The Kier molecular flexibility index (Phi) is 6.57. The van der Waals surface area contributed by atoms with Gasteiger partial charge < -0.3 is 24.8 Å². The number of benzene rings is 1. The molecule has 1 fully saturated rings. The van der Waals surface area contributed by atoms with Crippen molar-refractivity contribution < 1.29 is 29.2 Å². The van der Waals surface area contributed by atoms with Crippen LogP contribution in [0.3, 0.4) is 0 Å². The van der Waals surface area contributed by atoms with E-state index in [-0.39, 0.29) is 19.7 Å². The lowest BCUT2D eigenvalue weighted by Gasteiger charge is -2.36. The molecule has 2 rings (SSSR count). The molecule has 1 aliphatic heterocycles. The van der Waals surface area contributed by atoms with E-state index in [9.17, 15) is 19.7 Å². The van der Waals surface area contributed by atoms with Crippen LogP contribution >= 0.6 is 0 Å². The van der Waals surface area contributed by atoms with Gasteiger partial charge in [0.15, 0.2) is 0 Å². The number of ether oxygens (including phenoxy) is 2. The highest BCUT2D eigenvalue weighted by molar-refractivity contribution is 5.29. The molecule has 124 valence electrons. The molecule has 0 aromatic heterocycles. The summed E-state index contributed by atoms with van der Waals surface area (Å²) in [7, 11) is 0. The van der Waals surface area contributed by atoms with E-state index >= 15 is 0 Å². The highest BCUT2D eigenvalue weighted by Crippen LogP contribution is 2.32. The second-order valence-corrected chi connectivity index (χ2v) is 5.47. The first kappa shape index (κ1) is 17.1. The van der Waals surface area contributed by atoms with Gasteiger partial charge in [-0.25, -0.2) is 0 Å². The van der Waals surface area contributed by atoms with E-state index in [2.05, 4.69) is 0 Å². The summed E-state index contributed by atoms with van der Waals surface area (Å²) in [5.74, 6) is 0.659. The zero-order chi connectivity index (χ0) is 15.9. The first-order valence-corrected chi connectivity index (χ1v) is 7.57. The molecule has 0 aliphatic carbocycles. The normalized spacial score (nSPS) is 28.5. The van der Waals surface area contributed by atoms with Crippen molar-refractivity contribution in [2.24, 2.45) is 0 Å². The van der Waals surface area contributed by atoms with Gasteiger partial charge in [0, 0.05) is 6.42 Å². The molecule has 4 atom stereocenters. The lowest BCUT2D eigenvalue weighted by atomic mass is 9.93. The topological polar surface area (TPSA) is 79.2 Å². The zero-order valence-electron chi connectivity index (χ0n) is 12.4. The van der Waals surface area contributed by atoms with E-state index < -0.39 is 24.4 Å². The van der Waals surface area contributed by atoms with Gasteiger partial charge in [0.2, 0.25) is 0 Å². The van der Waals surface area contributed by atoms with Crippen molar-refractivity contribution in [1.29, 1.82) is 0 Å². The molecular weight excluding hydrogens is 291 g/mol. The zero-order valence-corrected chi connectivity index (χ0v) is 12.4. The Bertz CT molecular complexity index is 439. The summed E-state index contributed by atoms with van der Waals surface area (Å²) in [6.07, 6.45) is -1.76. The van der Waals surface area contributed by atoms with Crippen LogP contribution in [0.2, 0.25) is 0 Å². The monoisotopic (exact) mass is 314 g/mol. The highest BCUT2D eigenvalue weighted by atomic mass is 19.1. The van der Waals surface area contributed by atoms with E-state index in [1.807, 2.05) is 0 Å². The number of hydrogen-bond donors (Lipinski definition) is 3. The van der Waals surface area contributed by atoms with Gasteiger partial charge in [-0.2, -0.15) is 0 Å². The smallest absolute Gasteiger partial charge is 0.119 e. The number of rotatable bonds is 7. The van der Waals surface area contributed by atoms with Crippen LogP contribution in [0.1, 0.15) is 30.9 Å². The van der Waals surface area contributed by atoms with Crippen LogP contribution < -0.4 is 4.74 Å². The molecule has 0 spiro atoms. The van der Waals surface area contributed by atoms with Gasteiger partial charge in [-0.3, -0.25) is 4.39 Å². The third kappa shape index (κ3) is 4.39. The Labute approximate surface area is 129 Å². The number of aliphatic hydroxyl groups excluding tert-OH is 3. The third-order valence-electron chi connectivity index (χ3n) is 3.76. The molecule has 1 aliphatic rings. The van der Waals surface area contributed by atoms with Crippen molar-refractivity contribution in [2.75, 3.05) is 19.9 Å². The molecule has 0 bridgehead atoms. The van der Waals surface area contributed by atoms with Crippen molar-refractivity contribution in [3.8, 4) is 5.75 Å². The predicted octanol–water partition coefficient (Wildman–Crippen LogP) is 1.36. The Hall–Kier alpha value is -1.21. The largest absolute Gasteiger partial charge is 0.494 e. The molecule has 5 nitrogen and oxygen atoms in total. The predicted molar refractivity (Wildman–Crippen MR) is 78.5 cm³/mol. The average molecular weight is 314 g/mol. The Balaban J connectivity index is 1.96. The molecule has 6 heteroatoms. The number of alkyl halides is 1. The molecule has 0 amide bonds. The summed E-state index contributed by atoms with van der Waals surface area (Å²) in [5.41, 5.74) is 0.709. The van der Waals surface area contributed by atoms with Gasteiger partial charge in [0.25, 0.3) is 0 Å². The van der Waals surface area contributed by atoms with E-state index in [1.165, 1.54) is 0 Å². The number of hydrogen-bond acceptors (Lipinski definition) is 5.